The van der Waals surface area contributed by atoms with Crippen LogP contribution in [0.5, 0.6) is 0 Å². The second kappa shape index (κ2) is 7.75. The van der Waals surface area contributed by atoms with Gasteiger partial charge in [0, 0.05) is 29.1 Å². The maximum absolute atomic E-state index is 13.1. The van der Waals surface area contributed by atoms with Gasteiger partial charge in [-0.15, -0.1) is 11.3 Å². The molecule has 0 bridgehead atoms. The number of thiophene rings is 1. The lowest BCUT2D eigenvalue weighted by Crippen LogP contribution is -2.25. The number of carbonyl (C=O) groups is 2. The molecule has 2 amide bonds. The van der Waals surface area contributed by atoms with Gasteiger partial charge >= 0.3 is 0 Å². The molecule has 1 aromatic carbocycles. The van der Waals surface area contributed by atoms with Crippen molar-refractivity contribution in [3.63, 3.8) is 0 Å². The highest BCUT2D eigenvalue weighted by atomic mass is 32.1. The molecule has 0 aliphatic heterocycles. The molecule has 0 unspecified atom stereocenters. The van der Waals surface area contributed by atoms with Crippen LogP contribution in [0, 0.1) is 19.8 Å². The molecule has 0 spiro atoms. The predicted octanol–water partition coefficient (Wildman–Crippen LogP) is 4.71. The van der Waals surface area contributed by atoms with Gasteiger partial charge in [-0.05, 0) is 73.0 Å². The Kier molecular flexibility index (Phi) is 5.15. The number of anilines is 1. The summed E-state index contributed by atoms with van der Waals surface area (Å²) in [6.45, 7) is 3.74. The van der Waals surface area contributed by atoms with Crippen molar-refractivity contribution in [2.24, 2.45) is 0 Å². The molecule has 3 aromatic rings. The summed E-state index contributed by atoms with van der Waals surface area (Å²) in [5, 5.41) is 7.74. The van der Waals surface area contributed by atoms with Crippen LogP contribution in [0.1, 0.15) is 44.0 Å². The minimum absolute atomic E-state index is 0.124. The van der Waals surface area contributed by atoms with Crippen LogP contribution in [-0.4, -0.2) is 22.8 Å². The number of hydrogen-bond acceptors (Lipinski definition) is 4. The number of halogens is 1. The Balaban J connectivity index is 1.55. The average molecular weight is 409 g/mol. The lowest BCUT2D eigenvalue weighted by molar-refractivity contribution is 0.0949. The van der Waals surface area contributed by atoms with E-state index in [1.807, 2.05) is 25.3 Å². The Morgan fingerprint density at radius 1 is 1.14 bits per heavy atom. The van der Waals surface area contributed by atoms with Gasteiger partial charge in [0.1, 0.15) is 0 Å². The van der Waals surface area contributed by atoms with Gasteiger partial charge in [-0.2, -0.15) is 4.39 Å². The van der Waals surface area contributed by atoms with Crippen molar-refractivity contribution in [1.29, 1.82) is 0 Å². The number of aromatic nitrogens is 1. The minimum Gasteiger partial charge on any atom is -0.349 e. The van der Waals surface area contributed by atoms with Gasteiger partial charge in [0.2, 0.25) is 5.95 Å². The first kappa shape index (κ1) is 19.3. The normalized spacial score (nSPS) is 13.2. The summed E-state index contributed by atoms with van der Waals surface area (Å²) in [6.07, 6.45) is 3.49. The van der Waals surface area contributed by atoms with E-state index in [0.29, 0.717) is 16.1 Å². The average Bonchev–Trinajstić information content (AvgIpc) is 3.43. The van der Waals surface area contributed by atoms with Gasteiger partial charge in [0.25, 0.3) is 11.8 Å². The fourth-order valence-corrected chi connectivity index (χ4v) is 4.03. The molecule has 1 saturated carbocycles. The molecule has 1 fully saturated rings. The van der Waals surface area contributed by atoms with Gasteiger partial charge in [-0.3, -0.25) is 9.59 Å². The fraction of sp³-hybridized carbons (Fsp3) is 0.227. The van der Waals surface area contributed by atoms with E-state index in [1.165, 1.54) is 23.6 Å². The Morgan fingerprint density at radius 3 is 2.62 bits per heavy atom. The van der Waals surface area contributed by atoms with E-state index in [2.05, 4.69) is 15.6 Å². The highest BCUT2D eigenvalue weighted by Gasteiger charge is 2.24. The van der Waals surface area contributed by atoms with E-state index in [1.54, 1.807) is 18.2 Å². The molecule has 7 heteroatoms. The Labute approximate surface area is 172 Å². The second-order valence-electron chi connectivity index (χ2n) is 7.20. The quantitative estimate of drug-likeness (QED) is 0.600. The molecule has 29 heavy (non-hydrogen) atoms. The third kappa shape index (κ3) is 4.19. The molecule has 2 N–H and O–H groups in total. The van der Waals surface area contributed by atoms with Crippen molar-refractivity contribution < 1.29 is 14.0 Å². The number of pyridine rings is 1. The molecule has 0 radical (unpaired) electrons. The SMILES string of the molecule is Cc1ccc(C(=O)NC2CC2)cc1NC(=O)c1scc(-c2ccc(F)nc2)c1C. The van der Waals surface area contributed by atoms with Gasteiger partial charge in [-0.25, -0.2) is 4.98 Å². The van der Waals surface area contributed by atoms with E-state index >= 15 is 0 Å². The molecule has 1 aliphatic carbocycles. The largest absolute Gasteiger partial charge is 0.349 e. The molecule has 2 aromatic heterocycles. The van der Waals surface area contributed by atoms with Crippen LogP contribution in [0.15, 0.2) is 41.9 Å². The maximum atomic E-state index is 13.1. The zero-order chi connectivity index (χ0) is 20.5. The number of amides is 2. The van der Waals surface area contributed by atoms with Crippen molar-refractivity contribution in [2.45, 2.75) is 32.7 Å². The Morgan fingerprint density at radius 2 is 1.93 bits per heavy atom. The summed E-state index contributed by atoms with van der Waals surface area (Å²) in [5.74, 6) is -0.904. The third-order valence-corrected chi connectivity index (χ3v) is 6.03. The molecule has 0 saturated heterocycles. The van der Waals surface area contributed by atoms with Crippen LogP contribution in [-0.2, 0) is 0 Å². The molecule has 2 heterocycles. The molecular weight excluding hydrogens is 389 g/mol. The standard InChI is InChI=1S/C22H20FN3O2S/c1-12-3-4-14(21(27)25-16-6-7-16)9-18(12)26-22(28)20-13(2)17(11-29-20)15-5-8-19(23)24-10-15/h3-5,8-11,16H,6-7H2,1-2H3,(H,25,27)(H,26,28). The Hall–Kier alpha value is -3.06. The fourth-order valence-electron chi connectivity index (χ4n) is 3.03. The van der Waals surface area contributed by atoms with E-state index in [9.17, 15) is 14.0 Å². The van der Waals surface area contributed by atoms with Crippen molar-refractivity contribution in [2.75, 3.05) is 5.32 Å². The smallest absolute Gasteiger partial charge is 0.266 e. The first-order valence-electron chi connectivity index (χ1n) is 9.35. The van der Waals surface area contributed by atoms with Crippen LogP contribution >= 0.6 is 11.3 Å². The number of hydrogen-bond donors (Lipinski definition) is 2. The van der Waals surface area contributed by atoms with Gasteiger partial charge in [-0.1, -0.05) is 6.07 Å². The van der Waals surface area contributed by atoms with Crippen molar-refractivity contribution in [1.82, 2.24) is 10.3 Å². The van der Waals surface area contributed by atoms with Crippen molar-refractivity contribution in [3.8, 4) is 11.1 Å². The van der Waals surface area contributed by atoms with Crippen LogP contribution in [0.25, 0.3) is 11.1 Å². The van der Waals surface area contributed by atoms with E-state index in [0.717, 1.165) is 35.1 Å². The summed E-state index contributed by atoms with van der Waals surface area (Å²) < 4.78 is 13.1. The van der Waals surface area contributed by atoms with Gasteiger partial charge in [0.05, 0.1) is 4.88 Å². The number of rotatable bonds is 5. The third-order valence-electron chi connectivity index (χ3n) is 4.94. The summed E-state index contributed by atoms with van der Waals surface area (Å²) in [5.41, 5.74) is 4.42. The maximum Gasteiger partial charge on any atom is 0.266 e. The minimum atomic E-state index is -0.541. The van der Waals surface area contributed by atoms with E-state index in [-0.39, 0.29) is 17.9 Å². The number of benzene rings is 1. The lowest BCUT2D eigenvalue weighted by atomic mass is 10.1. The molecule has 148 valence electrons. The summed E-state index contributed by atoms with van der Waals surface area (Å²) >= 11 is 1.32. The number of nitrogens with one attached hydrogen (secondary N) is 2. The number of nitrogens with zero attached hydrogens (tertiary/aromatic N) is 1. The van der Waals surface area contributed by atoms with Crippen LogP contribution in [0.3, 0.4) is 0 Å². The topological polar surface area (TPSA) is 71.1 Å². The molecule has 0 atom stereocenters. The van der Waals surface area contributed by atoms with Crippen LogP contribution < -0.4 is 10.6 Å². The molecular formula is C22H20FN3O2S. The highest BCUT2D eigenvalue weighted by Crippen LogP contribution is 2.31. The molecule has 4 rings (SSSR count). The predicted molar refractivity (Wildman–Crippen MR) is 112 cm³/mol. The van der Waals surface area contributed by atoms with Crippen LogP contribution in [0.4, 0.5) is 10.1 Å². The number of aryl methyl sites for hydroxylation is 1. The van der Waals surface area contributed by atoms with Crippen molar-refractivity contribution >= 4 is 28.8 Å². The van der Waals surface area contributed by atoms with E-state index in [4.69, 9.17) is 0 Å². The van der Waals surface area contributed by atoms with Crippen LogP contribution in [0.2, 0.25) is 0 Å². The van der Waals surface area contributed by atoms with Gasteiger partial charge in [0.15, 0.2) is 0 Å². The highest BCUT2D eigenvalue weighted by molar-refractivity contribution is 7.12. The zero-order valence-electron chi connectivity index (χ0n) is 16.1. The second-order valence-corrected chi connectivity index (χ2v) is 8.08. The summed E-state index contributed by atoms with van der Waals surface area (Å²) in [6, 6.07) is 8.51. The summed E-state index contributed by atoms with van der Waals surface area (Å²) in [4.78, 5) is 29.4. The lowest BCUT2D eigenvalue weighted by Gasteiger charge is -2.11. The monoisotopic (exact) mass is 409 g/mol. The van der Waals surface area contributed by atoms with Crippen molar-refractivity contribution in [3.05, 3.63) is 69.4 Å². The zero-order valence-corrected chi connectivity index (χ0v) is 16.9. The summed E-state index contributed by atoms with van der Waals surface area (Å²) in [7, 11) is 0. The molecule has 5 nitrogen and oxygen atoms in total. The number of carbonyl (C=O) groups excluding carboxylic acids is 2. The first-order valence-corrected chi connectivity index (χ1v) is 10.2. The molecule has 1 aliphatic rings. The first-order chi connectivity index (χ1) is 13.9. The Bertz CT molecular complexity index is 1090. The van der Waals surface area contributed by atoms with E-state index < -0.39 is 5.95 Å². The van der Waals surface area contributed by atoms with Gasteiger partial charge < -0.3 is 10.6 Å².